The van der Waals surface area contributed by atoms with Gasteiger partial charge in [-0.25, -0.2) is 0 Å². The lowest BCUT2D eigenvalue weighted by molar-refractivity contribution is -0.147. The molecule has 2 rings (SSSR count). The Bertz CT molecular complexity index is 687. The van der Waals surface area contributed by atoms with E-state index in [1.807, 2.05) is 36.4 Å². The van der Waals surface area contributed by atoms with Crippen molar-refractivity contribution in [3.63, 3.8) is 0 Å². The fourth-order valence-corrected chi connectivity index (χ4v) is 3.29. The number of rotatable bonds is 7. The Morgan fingerprint density at radius 3 is 2.38 bits per heavy atom. The Balaban J connectivity index is 2.15. The molecule has 5 heteroatoms. The van der Waals surface area contributed by atoms with E-state index >= 15 is 0 Å². The normalized spacial score (nSPS) is 13.2. The van der Waals surface area contributed by atoms with Crippen LogP contribution in [0.2, 0.25) is 0 Å². The minimum atomic E-state index is -1.05. The Kier molecular flexibility index (Phi) is 6.62. The van der Waals surface area contributed by atoms with E-state index in [9.17, 15) is 4.79 Å². The first-order valence-electron chi connectivity index (χ1n) is 7.72. The fraction of sp³-hybridized carbons (Fsp3) is 0.316. The molecule has 0 amide bonds. The Morgan fingerprint density at radius 1 is 1.12 bits per heavy atom. The fourth-order valence-electron chi connectivity index (χ4n) is 2.63. The van der Waals surface area contributed by atoms with Crippen molar-refractivity contribution in [2.75, 3.05) is 14.2 Å². The number of ether oxygens (including phenoxy) is 2. The molecule has 2 aromatic carbocycles. The third kappa shape index (κ3) is 4.70. The first-order chi connectivity index (χ1) is 11.5. The summed E-state index contributed by atoms with van der Waals surface area (Å²) in [5, 5.41) is 0. The summed E-state index contributed by atoms with van der Waals surface area (Å²) in [6.45, 7) is 0. The standard InChI is InChI=1S/C19H22INO3/c1-23-16-9-7-14(8-10-16)13-19(21,18(22)24-2)12-11-15-5-3-4-6-17(15)20/h3-10H,11-13,21H2,1-2H3/t19-/m1/s1. The summed E-state index contributed by atoms with van der Waals surface area (Å²) in [5.41, 5.74) is 7.56. The summed E-state index contributed by atoms with van der Waals surface area (Å²) in [7, 11) is 3.00. The monoisotopic (exact) mass is 439 g/mol. The number of hydrogen-bond donors (Lipinski definition) is 1. The van der Waals surface area contributed by atoms with E-state index in [-0.39, 0.29) is 5.97 Å². The maximum Gasteiger partial charge on any atom is 0.326 e. The first kappa shape index (κ1) is 18.7. The lowest BCUT2D eigenvalue weighted by Crippen LogP contribution is -2.51. The zero-order valence-electron chi connectivity index (χ0n) is 13.9. The van der Waals surface area contributed by atoms with Gasteiger partial charge in [-0.15, -0.1) is 0 Å². The Labute approximate surface area is 156 Å². The van der Waals surface area contributed by atoms with Crippen LogP contribution >= 0.6 is 22.6 Å². The summed E-state index contributed by atoms with van der Waals surface area (Å²) < 4.78 is 11.3. The quantitative estimate of drug-likeness (QED) is 0.531. The molecule has 2 N–H and O–H groups in total. The predicted molar refractivity (Wildman–Crippen MR) is 103 cm³/mol. The van der Waals surface area contributed by atoms with Gasteiger partial charge in [-0.05, 0) is 64.8 Å². The first-order valence-corrected chi connectivity index (χ1v) is 8.80. The van der Waals surface area contributed by atoms with E-state index in [1.54, 1.807) is 7.11 Å². The average Bonchev–Trinajstić information content (AvgIpc) is 2.61. The van der Waals surface area contributed by atoms with Crippen LogP contribution in [0.1, 0.15) is 17.5 Å². The van der Waals surface area contributed by atoms with Crippen LogP contribution in [0.25, 0.3) is 0 Å². The highest BCUT2D eigenvalue weighted by Gasteiger charge is 2.35. The third-order valence-corrected chi connectivity index (χ3v) is 5.12. The second-order valence-electron chi connectivity index (χ2n) is 5.76. The van der Waals surface area contributed by atoms with E-state index in [0.717, 1.165) is 17.7 Å². The summed E-state index contributed by atoms with van der Waals surface area (Å²) in [5.74, 6) is 0.391. The lowest BCUT2D eigenvalue weighted by Gasteiger charge is -2.27. The number of hydrogen-bond acceptors (Lipinski definition) is 4. The van der Waals surface area contributed by atoms with Crippen molar-refractivity contribution in [3.05, 3.63) is 63.2 Å². The number of benzene rings is 2. The average molecular weight is 439 g/mol. The van der Waals surface area contributed by atoms with E-state index in [4.69, 9.17) is 15.2 Å². The molecule has 0 aliphatic rings. The summed E-state index contributed by atoms with van der Waals surface area (Å²) in [6, 6.07) is 15.7. The van der Waals surface area contributed by atoms with Crippen LogP contribution in [-0.4, -0.2) is 25.7 Å². The van der Waals surface area contributed by atoms with Gasteiger partial charge in [0.05, 0.1) is 14.2 Å². The summed E-state index contributed by atoms with van der Waals surface area (Å²) in [4.78, 5) is 12.3. The largest absolute Gasteiger partial charge is 0.497 e. The van der Waals surface area contributed by atoms with Crippen LogP contribution in [0.3, 0.4) is 0 Å². The molecule has 4 nitrogen and oxygen atoms in total. The van der Waals surface area contributed by atoms with E-state index < -0.39 is 5.54 Å². The summed E-state index contributed by atoms with van der Waals surface area (Å²) >= 11 is 2.30. The lowest BCUT2D eigenvalue weighted by atomic mass is 9.86. The van der Waals surface area contributed by atoms with Crippen molar-refractivity contribution in [1.82, 2.24) is 0 Å². The number of carbonyl (C=O) groups is 1. The topological polar surface area (TPSA) is 61.5 Å². The molecule has 0 aliphatic carbocycles. The second-order valence-corrected chi connectivity index (χ2v) is 6.93. The molecule has 0 spiro atoms. The molecule has 0 radical (unpaired) electrons. The molecule has 0 unspecified atom stereocenters. The van der Waals surface area contributed by atoms with Gasteiger partial charge in [0.2, 0.25) is 0 Å². The maximum atomic E-state index is 12.3. The third-order valence-electron chi connectivity index (χ3n) is 4.07. The molecule has 0 saturated heterocycles. The number of halogens is 1. The minimum Gasteiger partial charge on any atom is -0.497 e. The Morgan fingerprint density at radius 2 is 1.79 bits per heavy atom. The number of esters is 1. The van der Waals surface area contributed by atoms with Gasteiger partial charge in [0.25, 0.3) is 0 Å². The van der Waals surface area contributed by atoms with Crippen molar-refractivity contribution < 1.29 is 14.3 Å². The van der Waals surface area contributed by atoms with Crippen molar-refractivity contribution in [3.8, 4) is 5.75 Å². The number of carbonyl (C=O) groups excluding carboxylic acids is 1. The second kappa shape index (κ2) is 8.48. The van der Waals surface area contributed by atoms with Gasteiger partial charge < -0.3 is 15.2 Å². The van der Waals surface area contributed by atoms with Crippen molar-refractivity contribution in [1.29, 1.82) is 0 Å². The van der Waals surface area contributed by atoms with E-state index in [1.165, 1.54) is 16.2 Å². The van der Waals surface area contributed by atoms with Gasteiger partial charge in [0.15, 0.2) is 0 Å². The molecule has 0 heterocycles. The van der Waals surface area contributed by atoms with Crippen molar-refractivity contribution in [2.45, 2.75) is 24.8 Å². The van der Waals surface area contributed by atoms with Crippen LogP contribution in [0.15, 0.2) is 48.5 Å². The molecule has 128 valence electrons. The zero-order chi connectivity index (χ0) is 17.6. The van der Waals surface area contributed by atoms with Crippen molar-refractivity contribution in [2.24, 2.45) is 5.73 Å². The van der Waals surface area contributed by atoms with Gasteiger partial charge in [-0.3, -0.25) is 4.79 Å². The summed E-state index contributed by atoms with van der Waals surface area (Å²) in [6.07, 6.45) is 1.67. The minimum absolute atomic E-state index is 0.385. The number of aryl methyl sites for hydroxylation is 1. The molecule has 0 aliphatic heterocycles. The van der Waals surface area contributed by atoms with E-state index in [0.29, 0.717) is 12.8 Å². The van der Waals surface area contributed by atoms with Gasteiger partial charge in [-0.1, -0.05) is 30.3 Å². The maximum absolute atomic E-state index is 12.3. The molecule has 0 bridgehead atoms. The van der Waals surface area contributed by atoms with Gasteiger partial charge in [0.1, 0.15) is 11.3 Å². The van der Waals surface area contributed by atoms with Crippen LogP contribution in [0, 0.1) is 3.57 Å². The number of nitrogens with two attached hydrogens (primary N) is 1. The van der Waals surface area contributed by atoms with Gasteiger partial charge >= 0.3 is 5.97 Å². The smallest absolute Gasteiger partial charge is 0.326 e. The van der Waals surface area contributed by atoms with Crippen LogP contribution in [-0.2, 0) is 22.4 Å². The van der Waals surface area contributed by atoms with Crippen LogP contribution in [0.4, 0.5) is 0 Å². The molecule has 1 atom stereocenters. The Hall–Kier alpha value is -1.60. The molecular formula is C19H22INO3. The highest BCUT2D eigenvalue weighted by atomic mass is 127. The van der Waals surface area contributed by atoms with E-state index in [2.05, 4.69) is 34.7 Å². The van der Waals surface area contributed by atoms with Crippen molar-refractivity contribution >= 4 is 28.6 Å². The van der Waals surface area contributed by atoms with Gasteiger partial charge in [0, 0.05) is 9.99 Å². The molecule has 24 heavy (non-hydrogen) atoms. The molecule has 2 aromatic rings. The van der Waals surface area contributed by atoms with Crippen LogP contribution < -0.4 is 10.5 Å². The zero-order valence-corrected chi connectivity index (χ0v) is 16.1. The molecule has 0 fully saturated rings. The number of methoxy groups -OCH3 is 2. The molecule has 0 aromatic heterocycles. The molecular weight excluding hydrogens is 417 g/mol. The van der Waals surface area contributed by atoms with Gasteiger partial charge in [-0.2, -0.15) is 0 Å². The highest BCUT2D eigenvalue weighted by molar-refractivity contribution is 14.1. The van der Waals surface area contributed by atoms with Crippen LogP contribution in [0.5, 0.6) is 5.75 Å². The molecule has 0 saturated carbocycles. The predicted octanol–water partition coefficient (Wildman–Crippen LogP) is 3.35. The highest BCUT2D eigenvalue weighted by Crippen LogP contribution is 2.23. The SMILES string of the molecule is COC(=O)[C@@](N)(CCc1ccccc1I)Cc1ccc(OC)cc1.